The third kappa shape index (κ3) is 2.89. The van der Waals surface area contributed by atoms with Crippen LogP contribution in [0.2, 0.25) is 0 Å². The topological polar surface area (TPSA) is 109 Å². The molecule has 2 N–H and O–H groups in total. The van der Waals surface area contributed by atoms with Gasteiger partial charge in [-0.25, -0.2) is 13.1 Å². The second-order valence-electron chi connectivity index (χ2n) is 6.46. The molecule has 2 aromatic rings. The highest BCUT2D eigenvalue weighted by Crippen LogP contribution is 2.32. The fourth-order valence-corrected chi connectivity index (χ4v) is 4.33. The van der Waals surface area contributed by atoms with Gasteiger partial charge in [0.1, 0.15) is 11.8 Å². The molecule has 2 atom stereocenters. The molecule has 1 aromatic carbocycles. The molecule has 26 heavy (non-hydrogen) atoms. The molecule has 1 saturated heterocycles. The number of benzene rings is 1. The van der Waals surface area contributed by atoms with Crippen molar-refractivity contribution in [3.63, 3.8) is 0 Å². The maximum atomic E-state index is 13.0. The first-order valence-corrected chi connectivity index (χ1v) is 10.00. The fraction of sp³-hybridized carbons (Fsp3) is 0.294. The predicted octanol–water partition coefficient (Wildman–Crippen LogP) is 1.03. The minimum atomic E-state index is -3.50. The Balaban J connectivity index is 1.72. The zero-order chi connectivity index (χ0) is 18.5. The molecule has 0 saturated carbocycles. The summed E-state index contributed by atoms with van der Waals surface area (Å²) in [4.78, 5) is 27.1. The van der Waals surface area contributed by atoms with Gasteiger partial charge >= 0.3 is 0 Å². The fourth-order valence-electron chi connectivity index (χ4n) is 3.53. The van der Waals surface area contributed by atoms with Crippen molar-refractivity contribution in [2.75, 3.05) is 18.1 Å². The molecule has 0 radical (unpaired) electrons. The Morgan fingerprint density at radius 2 is 2.08 bits per heavy atom. The van der Waals surface area contributed by atoms with Gasteiger partial charge in [0, 0.05) is 12.1 Å². The molecule has 0 spiro atoms. The number of hydrogen-bond donors (Lipinski definition) is 2. The summed E-state index contributed by atoms with van der Waals surface area (Å²) in [6.07, 6.45) is 2.96. The van der Waals surface area contributed by atoms with Crippen LogP contribution in [-0.2, 0) is 14.8 Å². The Morgan fingerprint density at radius 1 is 1.27 bits per heavy atom. The average molecular weight is 375 g/mol. The minimum absolute atomic E-state index is 0.300. The molecule has 3 heterocycles. The lowest BCUT2D eigenvalue weighted by atomic mass is 10.1. The van der Waals surface area contributed by atoms with E-state index in [1.54, 1.807) is 36.6 Å². The summed E-state index contributed by atoms with van der Waals surface area (Å²) in [5, 5.41) is 2.75. The van der Waals surface area contributed by atoms with Crippen molar-refractivity contribution in [3.8, 4) is 11.3 Å². The van der Waals surface area contributed by atoms with Gasteiger partial charge in [-0.05, 0) is 36.8 Å². The number of amides is 2. The Hall–Kier alpha value is -2.65. The van der Waals surface area contributed by atoms with Crippen LogP contribution in [0, 0.1) is 0 Å². The summed E-state index contributed by atoms with van der Waals surface area (Å²) in [5.74, 6) is -0.0955. The van der Waals surface area contributed by atoms with Gasteiger partial charge < -0.3 is 14.6 Å². The van der Waals surface area contributed by atoms with E-state index in [1.807, 2.05) is 0 Å². The summed E-state index contributed by atoms with van der Waals surface area (Å²) in [6, 6.07) is 7.10. The van der Waals surface area contributed by atoms with Gasteiger partial charge in [0.05, 0.1) is 29.8 Å². The van der Waals surface area contributed by atoms with Gasteiger partial charge in [-0.1, -0.05) is 0 Å². The molecule has 2 unspecified atom stereocenters. The molecule has 1 aromatic heterocycles. The van der Waals surface area contributed by atoms with E-state index in [0.717, 1.165) is 11.8 Å². The van der Waals surface area contributed by atoms with E-state index >= 15 is 0 Å². The lowest BCUT2D eigenvalue weighted by Gasteiger charge is -2.24. The lowest BCUT2D eigenvalue weighted by molar-refractivity contribution is -0.120. The van der Waals surface area contributed by atoms with Crippen LogP contribution in [0.15, 0.2) is 41.0 Å². The van der Waals surface area contributed by atoms with E-state index in [-0.39, 0.29) is 5.91 Å². The highest BCUT2D eigenvalue weighted by molar-refractivity contribution is 7.88. The molecule has 2 aliphatic heterocycles. The first-order chi connectivity index (χ1) is 12.3. The number of furan rings is 1. The highest BCUT2D eigenvalue weighted by atomic mass is 32.2. The van der Waals surface area contributed by atoms with E-state index in [9.17, 15) is 18.0 Å². The highest BCUT2D eigenvalue weighted by Gasteiger charge is 2.45. The third-order valence-electron chi connectivity index (χ3n) is 4.61. The Morgan fingerprint density at radius 3 is 2.77 bits per heavy atom. The zero-order valence-electron chi connectivity index (χ0n) is 13.9. The summed E-state index contributed by atoms with van der Waals surface area (Å²) in [7, 11) is -3.50. The van der Waals surface area contributed by atoms with Crippen molar-refractivity contribution in [2.45, 2.75) is 18.5 Å². The second kappa shape index (κ2) is 5.96. The van der Waals surface area contributed by atoms with E-state index in [2.05, 4.69) is 10.0 Å². The van der Waals surface area contributed by atoms with Crippen LogP contribution in [-0.4, -0.2) is 50.0 Å². The Bertz CT molecular complexity index is 984. The van der Waals surface area contributed by atoms with Crippen molar-refractivity contribution in [1.29, 1.82) is 0 Å². The van der Waals surface area contributed by atoms with Crippen LogP contribution < -0.4 is 10.0 Å². The minimum Gasteiger partial charge on any atom is -0.464 e. The first kappa shape index (κ1) is 16.8. The number of carbonyl (C=O) groups excluding carboxylic acids is 2. The van der Waals surface area contributed by atoms with E-state index < -0.39 is 28.0 Å². The van der Waals surface area contributed by atoms with Gasteiger partial charge in [0.2, 0.25) is 15.9 Å². The number of fused-ring (bicyclic) bond motifs is 2. The molecule has 4 rings (SSSR count). The van der Waals surface area contributed by atoms with Gasteiger partial charge in [0.25, 0.3) is 5.91 Å². The number of nitrogens with zero attached hydrogens (tertiary/aromatic N) is 1. The van der Waals surface area contributed by atoms with Crippen LogP contribution in [0.5, 0.6) is 0 Å². The van der Waals surface area contributed by atoms with Crippen molar-refractivity contribution in [3.05, 3.63) is 42.2 Å². The first-order valence-electron chi connectivity index (χ1n) is 8.10. The van der Waals surface area contributed by atoms with E-state index in [4.69, 9.17) is 4.42 Å². The molecule has 0 aliphatic carbocycles. The maximum Gasteiger partial charge on any atom is 0.256 e. The van der Waals surface area contributed by atoms with Crippen LogP contribution in [0.4, 0.5) is 5.69 Å². The molecule has 2 aliphatic rings. The monoisotopic (exact) mass is 375 g/mol. The Kier molecular flexibility index (Phi) is 3.85. The van der Waals surface area contributed by atoms with Gasteiger partial charge in [-0.15, -0.1) is 0 Å². The summed E-state index contributed by atoms with van der Waals surface area (Å²) in [6.45, 7) is 0.300. The number of hydrogen-bond acceptors (Lipinski definition) is 5. The normalized spacial score (nSPS) is 22.6. The summed E-state index contributed by atoms with van der Waals surface area (Å²) < 4.78 is 31.0. The smallest absolute Gasteiger partial charge is 0.256 e. The van der Waals surface area contributed by atoms with Crippen LogP contribution in [0.1, 0.15) is 16.8 Å². The number of sulfonamides is 1. The summed E-state index contributed by atoms with van der Waals surface area (Å²) >= 11 is 0. The third-order valence-corrected chi connectivity index (χ3v) is 5.34. The number of nitrogens with one attached hydrogen (secondary N) is 2. The number of carbonyl (C=O) groups is 2. The SMILES string of the molecule is CS(=O)(=O)NC1CCN2C(=O)c3cc(-c4ccco4)ccc3NC(=O)C12. The molecule has 0 bridgehead atoms. The number of anilines is 1. The van der Waals surface area contributed by atoms with Gasteiger partial charge in [-0.3, -0.25) is 9.59 Å². The molecule has 1 fully saturated rings. The van der Waals surface area contributed by atoms with Crippen molar-refractivity contribution < 1.29 is 22.4 Å². The largest absolute Gasteiger partial charge is 0.464 e. The molecule has 2 amide bonds. The quantitative estimate of drug-likeness (QED) is 0.833. The Labute approximate surface area is 150 Å². The molecular formula is C17H17N3O5S. The molecule has 136 valence electrons. The van der Waals surface area contributed by atoms with Crippen LogP contribution in [0.3, 0.4) is 0 Å². The van der Waals surface area contributed by atoms with Crippen LogP contribution in [0.25, 0.3) is 11.3 Å². The van der Waals surface area contributed by atoms with Crippen molar-refractivity contribution in [2.24, 2.45) is 0 Å². The molecule has 8 nitrogen and oxygen atoms in total. The maximum absolute atomic E-state index is 13.0. The van der Waals surface area contributed by atoms with Crippen molar-refractivity contribution >= 4 is 27.5 Å². The predicted molar refractivity (Wildman–Crippen MR) is 94.0 cm³/mol. The average Bonchev–Trinajstić information content (AvgIpc) is 3.20. The van der Waals surface area contributed by atoms with Crippen molar-refractivity contribution in [1.82, 2.24) is 9.62 Å². The zero-order valence-corrected chi connectivity index (χ0v) is 14.7. The summed E-state index contributed by atoms with van der Waals surface area (Å²) in [5.41, 5.74) is 1.48. The lowest BCUT2D eigenvalue weighted by Crippen LogP contribution is -2.51. The van der Waals surface area contributed by atoms with E-state index in [0.29, 0.717) is 30.0 Å². The van der Waals surface area contributed by atoms with Gasteiger partial charge in [0.15, 0.2) is 0 Å². The number of rotatable bonds is 3. The second-order valence-corrected chi connectivity index (χ2v) is 8.24. The molecule has 9 heteroatoms. The standard InChI is InChI=1S/C17H17N3O5S/c1-26(23,24)19-13-6-7-20-15(13)16(21)18-12-5-4-10(9-11(12)17(20)22)14-3-2-8-25-14/h2-5,8-9,13,15,19H,6-7H2,1H3,(H,18,21). The van der Waals surface area contributed by atoms with E-state index in [1.165, 1.54) is 4.90 Å². The van der Waals surface area contributed by atoms with Gasteiger partial charge in [-0.2, -0.15) is 0 Å². The van der Waals surface area contributed by atoms with Crippen LogP contribution >= 0.6 is 0 Å². The molecular weight excluding hydrogens is 358 g/mol.